The largest absolute Gasteiger partial charge is 0.0843 e. The zero-order valence-electron chi connectivity index (χ0n) is 18.7. The first-order valence-electron chi connectivity index (χ1n) is 12.4. The van der Waals surface area contributed by atoms with Gasteiger partial charge in [0.25, 0.3) is 0 Å². The zero-order chi connectivity index (χ0) is 20.8. The average Bonchev–Trinajstić information content (AvgIpc) is 2.80. The van der Waals surface area contributed by atoms with Crippen LogP contribution in [0.2, 0.25) is 23.2 Å². The van der Waals surface area contributed by atoms with Gasteiger partial charge in [-0.1, -0.05) is 105 Å². The Balaban J connectivity index is 1.19. The molecule has 0 spiro atoms. The SMILES string of the molecule is CCC[Si]1CCC(C2CCC(CCc3ccc(-c4ccc(Cl)cc4)cc3)CC2)CC1. The van der Waals surface area contributed by atoms with Crippen LogP contribution >= 0.6 is 11.6 Å². The molecule has 4 rings (SSSR count). The highest BCUT2D eigenvalue weighted by Gasteiger charge is 2.30. The van der Waals surface area contributed by atoms with Crippen LogP contribution in [0.15, 0.2) is 48.5 Å². The van der Waals surface area contributed by atoms with Crippen LogP contribution in [0.25, 0.3) is 11.1 Å². The van der Waals surface area contributed by atoms with Crippen LogP contribution in [-0.4, -0.2) is 8.80 Å². The fourth-order valence-corrected chi connectivity index (χ4v) is 9.09. The van der Waals surface area contributed by atoms with Gasteiger partial charge in [-0.25, -0.2) is 0 Å². The Kier molecular flexibility index (Phi) is 8.12. The maximum atomic E-state index is 6.01. The molecule has 1 radical (unpaired) electrons. The summed E-state index contributed by atoms with van der Waals surface area (Å²) < 4.78 is 0. The summed E-state index contributed by atoms with van der Waals surface area (Å²) in [4.78, 5) is 0. The highest BCUT2D eigenvalue weighted by molar-refractivity contribution is 6.58. The van der Waals surface area contributed by atoms with Crippen LogP contribution < -0.4 is 0 Å². The van der Waals surface area contributed by atoms with Crippen molar-refractivity contribution in [2.75, 3.05) is 0 Å². The topological polar surface area (TPSA) is 0 Å². The van der Waals surface area contributed by atoms with Gasteiger partial charge in [-0.2, -0.15) is 0 Å². The lowest BCUT2D eigenvalue weighted by molar-refractivity contribution is 0.186. The first-order chi connectivity index (χ1) is 14.7. The van der Waals surface area contributed by atoms with Crippen LogP contribution in [0.4, 0.5) is 0 Å². The fourth-order valence-electron chi connectivity index (χ4n) is 5.95. The van der Waals surface area contributed by atoms with Crippen molar-refractivity contribution in [2.45, 2.75) is 82.8 Å². The molecular weight excluding hydrogens is 400 g/mol. The third kappa shape index (κ3) is 6.01. The van der Waals surface area contributed by atoms with Gasteiger partial charge in [-0.05, 0) is 72.3 Å². The van der Waals surface area contributed by atoms with Gasteiger partial charge >= 0.3 is 0 Å². The van der Waals surface area contributed by atoms with Crippen molar-refractivity contribution in [3.05, 3.63) is 59.1 Å². The zero-order valence-corrected chi connectivity index (χ0v) is 20.5. The van der Waals surface area contributed by atoms with E-state index in [-0.39, 0.29) is 8.80 Å². The van der Waals surface area contributed by atoms with E-state index < -0.39 is 0 Å². The molecule has 1 aliphatic carbocycles. The minimum atomic E-state index is 0.0528. The molecule has 2 aliphatic rings. The predicted octanol–water partition coefficient (Wildman–Crippen LogP) is 9.06. The van der Waals surface area contributed by atoms with Gasteiger partial charge in [-0.3, -0.25) is 0 Å². The summed E-state index contributed by atoms with van der Waals surface area (Å²) in [5.74, 6) is 3.10. The molecule has 1 saturated carbocycles. The van der Waals surface area contributed by atoms with Gasteiger partial charge in [0, 0.05) is 13.8 Å². The molecule has 0 bridgehead atoms. The molecule has 0 amide bonds. The Bertz CT molecular complexity index is 750. The predicted molar refractivity (Wildman–Crippen MR) is 134 cm³/mol. The van der Waals surface area contributed by atoms with E-state index in [4.69, 9.17) is 11.6 Å². The standard InChI is InChI=1S/C28H38ClSi/c1-2-19-30-20-17-27(18-21-30)25-11-7-23(8-12-25)4-3-22-5-9-24(10-6-22)26-13-15-28(29)16-14-26/h5-6,9-10,13-16,23,25,27H,2-4,7-8,11-12,17-21H2,1H3. The van der Waals surface area contributed by atoms with Crippen molar-refractivity contribution < 1.29 is 0 Å². The Morgan fingerprint density at radius 2 is 1.33 bits per heavy atom. The molecule has 0 aromatic heterocycles. The van der Waals surface area contributed by atoms with Gasteiger partial charge < -0.3 is 0 Å². The molecule has 0 unspecified atom stereocenters. The third-order valence-corrected chi connectivity index (χ3v) is 11.3. The molecule has 2 fully saturated rings. The monoisotopic (exact) mass is 437 g/mol. The van der Waals surface area contributed by atoms with E-state index in [9.17, 15) is 0 Å². The van der Waals surface area contributed by atoms with Crippen LogP contribution in [0, 0.1) is 17.8 Å². The van der Waals surface area contributed by atoms with Crippen molar-refractivity contribution in [3.63, 3.8) is 0 Å². The average molecular weight is 438 g/mol. The molecule has 2 aromatic carbocycles. The quantitative estimate of drug-likeness (QED) is 0.379. The van der Waals surface area contributed by atoms with E-state index in [1.807, 2.05) is 12.1 Å². The first kappa shape index (κ1) is 22.2. The second kappa shape index (κ2) is 11.0. The number of hydrogen-bond donors (Lipinski definition) is 0. The highest BCUT2D eigenvalue weighted by Crippen LogP contribution is 2.41. The second-order valence-electron chi connectivity index (χ2n) is 9.86. The number of halogens is 1. The van der Waals surface area contributed by atoms with E-state index >= 15 is 0 Å². The summed E-state index contributed by atoms with van der Waals surface area (Å²) in [5, 5.41) is 0.802. The summed E-state index contributed by atoms with van der Waals surface area (Å²) in [5.41, 5.74) is 4.02. The number of aryl methyl sites for hydroxylation is 1. The lowest BCUT2D eigenvalue weighted by atomic mass is 9.73. The third-order valence-electron chi connectivity index (χ3n) is 7.87. The summed E-state index contributed by atoms with van der Waals surface area (Å²) in [7, 11) is 0.0528. The molecule has 2 aromatic rings. The van der Waals surface area contributed by atoms with E-state index in [1.165, 1.54) is 61.6 Å². The normalized spacial score (nSPS) is 23.5. The smallest absolute Gasteiger partial charge is 0.0479 e. The summed E-state index contributed by atoms with van der Waals surface area (Å²) in [6.45, 7) is 2.37. The molecule has 0 atom stereocenters. The lowest BCUT2D eigenvalue weighted by Crippen LogP contribution is -2.28. The minimum absolute atomic E-state index is 0.0528. The molecule has 1 aliphatic heterocycles. The Labute approximate surface area is 191 Å². The van der Waals surface area contributed by atoms with E-state index in [0.717, 1.165) is 22.8 Å². The molecule has 0 N–H and O–H groups in total. The van der Waals surface area contributed by atoms with Gasteiger partial charge in [0.2, 0.25) is 0 Å². The summed E-state index contributed by atoms with van der Waals surface area (Å²) >= 11 is 6.01. The van der Waals surface area contributed by atoms with Crippen LogP contribution in [0.5, 0.6) is 0 Å². The maximum absolute atomic E-state index is 6.01. The molecule has 1 heterocycles. The molecule has 1 saturated heterocycles. The molecule has 0 nitrogen and oxygen atoms in total. The van der Waals surface area contributed by atoms with Crippen molar-refractivity contribution in [3.8, 4) is 11.1 Å². The highest BCUT2D eigenvalue weighted by atomic mass is 35.5. The van der Waals surface area contributed by atoms with Gasteiger partial charge in [0.15, 0.2) is 0 Å². The number of rotatable bonds is 7. The van der Waals surface area contributed by atoms with Crippen molar-refractivity contribution in [2.24, 2.45) is 17.8 Å². The molecule has 161 valence electrons. The van der Waals surface area contributed by atoms with Crippen LogP contribution in [0.3, 0.4) is 0 Å². The summed E-state index contributed by atoms with van der Waals surface area (Å²) in [6.07, 6.45) is 13.2. The molecule has 30 heavy (non-hydrogen) atoms. The van der Waals surface area contributed by atoms with Gasteiger partial charge in [0.1, 0.15) is 0 Å². The summed E-state index contributed by atoms with van der Waals surface area (Å²) in [6, 6.07) is 22.2. The number of hydrogen-bond acceptors (Lipinski definition) is 0. The Morgan fingerprint density at radius 1 is 0.767 bits per heavy atom. The van der Waals surface area contributed by atoms with E-state index in [2.05, 4.69) is 43.3 Å². The molecule has 2 heteroatoms. The Morgan fingerprint density at radius 3 is 1.93 bits per heavy atom. The van der Waals surface area contributed by atoms with Crippen LogP contribution in [0.1, 0.15) is 63.9 Å². The molecular formula is C28H38ClSi. The fraction of sp³-hybridized carbons (Fsp3) is 0.571. The van der Waals surface area contributed by atoms with Crippen molar-refractivity contribution >= 4 is 20.4 Å². The first-order valence-corrected chi connectivity index (χ1v) is 14.9. The van der Waals surface area contributed by atoms with Crippen LogP contribution in [-0.2, 0) is 6.42 Å². The second-order valence-corrected chi connectivity index (χ2v) is 13.3. The van der Waals surface area contributed by atoms with Crippen molar-refractivity contribution in [1.29, 1.82) is 0 Å². The van der Waals surface area contributed by atoms with Crippen molar-refractivity contribution in [1.82, 2.24) is 0 Å². The lowest BCUT2D eigenvalue weighted by Gasteiger charge is -2.37. The van der Waals surface area contributed by atoms with E-state index in [1.54, 1.807) is 31.0 Å². The van der Waals surface area contributed by atoms with Gasteiger partial charge in [-0.15, -0.1) is 0 Å². The maximum Gasteiger partial charge on any atom is 0.0479 e. The van der Waals surface area contributed by atoms with E-state index in [0.29, 0.717) is 0 Å². The van der Waals surface area contributed by atoms with Gasteiger partial charge in [0.05, 0.1) is 0 Å². The number of benzene rings is 2. The Hall–Kier alpha value is -1.05. The minimum Gasteiger partial charge on any atom is -0.0843 e.